The summed E-state index contributed by atoms with van der Waals surface area (Å²) in [6.07, 6.45) is -7.38. The predicted octanol–water partition coefficient (Wildman–Crippen LogP) is 7.54. The zero-order chi connectivity index (χ0) is 26.9. The lowest BCUT2D eigenvalue weighted by molar-refractivity contribution is -0.343. The fourth-order valence-electron chi connectivity index (χ4n) is 8.92. The summed E-state index contributed by atoms with van der Waals surface area (Å²) in [5.74, 6) is 0.518. The lowest BCUT2D eigenvalue weighted by Gasteiger charge is -2.59. The van der Waals surface area contributed by atoms with Crippen LogP contribution in [0.1, 0.15) is 85.0 Å². The molecule has 0 amide bonds. The van der Waals surface area contributed by atoms with Gasteiger partial charge in [0.1, 0.15) is 0 Å². The second-order valence-electron chi connectivity index (χ2n) is 12.7. The lowest BCUT2D eigenvalue weighted by atomic mass is 9.46. The van der Waals surface area contributed by atoms with Gasteiger partial charge in [-0.3, -0.25) is 0 Å². The Morgan fingerprint density at radius 1 is 0.917 bits per heavy atom. The first-order valence-corrected chi connectivity index (χ1v) is 13.4. The highest BCUT2D eigenvalue weighted by molar-refractivity contribution is 5.28. The summed E-state index contributed by atoms with van der Waals surface area (Å²) >= 11 is 0. The molecule has 9 heteroatoms. The largest absolute Gasteiger partial charge is 0.431 e. The fourth-order valence-corrected chi connectivity index (χ4v) is 8.92. The van der Waals surface area contributed by atoms with Gasteiger partial charge in [-0.1, -0.05) is 38.8 Å². The van der Waals surface area contributed by atoms with E-state index >= 15 is 0 Å². The lowest BCUT2D eigenvalue weighted by Crippen LogP contribution is -2.55. The average molecular weight is 529 g/mol. The van der Waals surface area contributed by atoms with E-state index in [4.69, 9.17) is 0 Å². The van der Waals surface area contributed by atoms with Gasteiger partial charge in [-0.05, 0) is 98.2 Å². The molecule has 3 saturated carbocycles. The molecule has 3 fully saturated rings. The Morgan fingerprint density at radius 2 is 1.56 bits per heavy atom. The van der Waals surface area contributed by atoms with Crippen LogP contribution in [0.25, 0.3) is 0 Å². The highest BCUT2D eigenvalue weighted by Crippen LogP contribution is 2.67. The van der Waals surface area contributed by atoms with Gasteiger partial charge in [-0.25, -0.2) is 4.39 Å². The molecule has 4 rings (SSSR count). The van der Waals surface area contributed by atoms with Crippen LogP contribution in [0.4, 0.5) is 30.7 Å². The van der Waals surface area contributed by atoms with Crippen LogP contribution in [0.15, 0.2) is 11.6 Å². The first-order chi connectivity index (χ1) is 16.5. The molecule has 2 nitrogen and oxygen atoms in total. The van der Waals surface area contributed by atoms with Crippen molar-refractivity contribution in [2.75, 3.05) is 0 Å². The summed E-state index contributed by atoms with van der Waals surface area (Å²) in [5, 5.41) is 21.4. The molecule has 0 spiro atoms. The van der Waals surface area contributed by atoms with Gasteiger partial charge in [0.05, 0.1) is 12.2 Å². The quantitative estimate of drug-likeness (QED) is 0.286. The molecule has 0 aromatic heterocycles. The van der Waals surface area contributed by atoms with E-state index < -0.39 is 37.0 Å². The van der Waals surface area contributed by atoms with Crippen LogP contribution in [0.2, 0.25) is 0 Å². The molecule has 0 bridgehead atoms. The molecule has 208 valence electrons. The third-order valence-corrected chi connectivity index (χ3v) is 10.9. The van der Waals surface area contributed by atoms with E-state index in [0.717, 1.165) is 44.1 Å². The van der Waals surface area contributed by atoms with Crippen LogP contribution in [-0.4, -0.2) is 40.4 Å². The van der Waals surface area contributed by atoms with Gasteiger partial charge in [0.25, 0.3) is 5.67 Å². The minimum atomic E-state index is -5.99. The van der Waals surface area contributed by atoms with E-state index in [1.807, 2.05) is 13.0 Å². The Hall–Kier alpha value is -0.830. The van der Waals surface area contributed by atoms with Gasteiger partial charge >= 0.3 is 12.4 Å². The molecule has 0 aliphatic heterocycles. The summed E-state index contributed by atoms with van der Waals surface area (Å²) < 4.78 is 91.7. The van der Waals surface area contributed by atoms with Crippen LogP contribution < -0.4 is 0 Å². The van der Waals surface area contributed by atoms with Crippen molar-refractivity contribution in [1.29, 1.82) is 0 Å². The van der Waals surface area contributed by atoms with Crippen molar-refractivity contribution in [1.82, 2.24) is 0 Å². The van der Waals surface area contributed by atoms with Gasteiger partial charge in [-0.2, -0.15) is 26.3 Å². The molecule has 0 heterocycles. The first-order valence-electron chi connectivity index (χ1n) is 13.4. The van der Waals surface area contributed by atoms with Gasteiger partial charge in [0.2, 0.25) is 0 Å². The van der Waals surface area contributed by atoms with Gasteiger partial charge in [-0.15, -0.1) is 0 Å². The van der Waals surface area contributed by atoms with E-state index in [9.17, 15) is 40.9 Å². The van der Waals surface area contributed by atoms with Crippen LogP contribution in [0.5, 0.6) is 0 Å². The van der Waals surface area contributed by atoms with E-state index in [0.29, 0.717) is 6.42 Å². The summed E-state index contributed by atoms with van der Waals surface area (Å²) in [7, 11) is 0. The predicted molar refractivity (Wildman–Crippen MR) is 122 cm³/mol. The zero-order valence-electron chi connectivity index (χ0n) is 21.2. The van der Waals surface area contributed by atoms with Crippen LogP contribution >= 0.6 is 0 Å². The number of aliphatic hydroxyl groups is 2. The highest BCUT2D eigenvalue weighted by atomic mass is 19.4. The number of rotatable bonds is 5. The van der Waals surface area contributed by atoms with Gasteiger partial charge in [0, 0.05) is 0 Å². The maximum atomic E-state index is 14.1. The Bertz CT molecular complexity index is 838. The van der Waals surface area contributed by atoms with Crippen molar-refractivity contribution in [3.05, 3.63) is 11.6 Å². The molecule has 4 aliphatic carbocycles. The number of alkyl halides is 7. The first kappa shape index (κ1) is 28.2. The normalized spacial score (nSPS) is 42.3. The molecule has 9 atom stereocenters. The molecular weight excluding hydrogens is 489 g/mol. The minimum absolute atomic E-state index is 0.0545. The molecule has 36 heavy (non-hydrogen) atoms. The Morgan fingerprint density at radius 3 is 2.17 bits per heavy atom. The average Bonchev–Trinajstić information content (AvgIpc) is 3.10. The molecule has 2 N–H and O–H groups in total. The zero-order valence-corrected chi connectivity index (χ0v) is 21.2. The van der Waals surface area contributed by atoms with Crippen LogP contribution in [-0.2, 0) is 0 Å². The summed E-state index contributed by atoms with van der Waals surface area (Å²) in [6.45, 7) is 6.28. The highest BCUT2D eigenvalue weighted by Gasteiger charge is 2.71. The minimum Gasteiger partial charge on any atom is -0.393 e. The van der Waals surface area contributed by atoms with E-state index in [1.165, 1.54) is 0 Å². The second-order valence-corrected chi connectivity index (χ2v) is 12.7. The van der Waals surface area contributed by atoms with Crippen molar-refractivity contribution in [3.63, 3.8) is 0 Å². The monoisotopic (exact) mass is 528 g/mol. The summed E-state index contributed by atoms with van der Waals surface area (Å²) in [6, 6.07) is 0. The second kappa shape index (κ2) is 9.13. The number of halogens is 7. The Labute approximate surface area is 208 Å². The van der Waals surface area contributed by atoms with Crippen molar-refractivity contribution >= 4 is 0 Å². The van der Waals surface area contributed by atoms with Crippen LogP contribution in [0.3, 0.4) is 0 Å². The number of fused-ring (bicyclic) bond motifs is 5. The maximum absolute atomic E-state index is 14.1. The maximum Gasteiger partial charge on any atom is 0.431 e. The van der Waals surface area contributed by atoms with Crippen molar-refractivity contribution in [2.24, 2.45) is 40.4 Å². The SMILES string of the molecule is C[C@H](CCCC(F)(C(F)(F)F)C(F)(F)F)[C@H]1CC[C@H]2[C@@H]3[C@H](O)C=C4CC(O)CC[C@]4(C)[C@@H]3CC[C@]12C. The molecule has 0 saturated heterocycles. The summed E-state index contributed by atoms with van der Waals surface area (Å²) in [4.78, 5) is 0. The van der Waals surface area contributed by atoms with E-state index in [1.54, 1.807) is 0 Å². The van der Waals surface area contributed by atoms with Crippen molar-refractivity contribution < 1.29 is 40.9 Å². The Kier molecular flexibility index (Phi) is 7.15. The van der Waals surface area contributed by atoms with Gasteiger partial charge in [0.15, 0.2) is 0 Å². The fraction of sp³-hybridized carbons (Fsp3) is 0.926. The van der Waals surface area contributed by atoms with Crippen molar-refractivity contribution in [2.45, 2.75) is 115 Å². The van der Waals surface area contributed by atoms with E-state index in [2.05, 4.69) is 13.8 Å². The molecule has 0 radical (unpaired) electrons. The molecule has 4 aliphatic rings. The third-order valence-electron chi connectivity index (χ3n) is 10.9. The van der Waals surface area contributed by atoms with Crippen molar-refractivity contribution in [3.8, 4) is 0 Å². The van der Waals surface area contributed by atoms with E-state index in [-0.39, 0.29) is 52.9 Å². The topological polar surface area (TPSA) is 40.5 Å². The Balaban J connectivity index is 1.47. The number of hydrogen-bond acceptors (Lipinski definition) is 2. The molecular formula is C27H39F7O2. The van der Waals surface area contributed by atoms with Crippen LogP contribution in [0, 0.1) is 40.4 Å². The number of aliphatic hydroxyl groups excluding tert-OH is 2. The standard InChI is InChI=1S/C27H39F7O2/c1-15(5-4-10-25(28,26(29,30)31)27(32,33)34)18-6-7-19-22-20(9-12-24(18,19)3)23(2)11-8-17(35)13-16(23)14-21(22)36/h14-15,17-22,35-36H,4-13H2,1-3H3/t15-,17?,18-,19+,20-,21-,22+,23+,24-/m1/s1. The summed E-state index contributed by atoms with van der Waals surface area (Å²) in [5.41, 5.74) is -4.27. The van der Waals surface area contributed by atoms with Gasteiger partial charge < -0.3 is 10.2 Å². The number of hydrogen-bond donors (Lipinski definition) is 2. The molecule has 0 aromatic rings. The third kappa shape index (κ3) is 4.32. The molecule has 1 unspecified atom stereocenters. The molecule has 0 aromatic carbocycles. The smallest absolute Gasteiger partial charge is 0.393 e.